The van der Waals surface area contributed by atoms with Crippen molar-refractivity contribution in [2.45, 2.75) is 19.4 Å². The van der Waals surface area contributed by atoms with Crippen molar-refractivity contribution < 1.29 is 4.79 Å². The number of rotatable bonds is 5. The fraction of sp³-hybridized carbons (Fsp3) is 0.174. The number of anilines is 2. The van der Waals surface area contributed by atoms with E-state index in [1.54, 1.807) is 12.3 Å². The molecule has 0 fully saturated rings. The number of fused-ring (bicyclic) bond motifs is 2. The van der Waals surface area contributed by atoms with Crippen molar-refractivity contribution in [2.75, 3.05) is 17.2 Å². The maximum atomic E-state index is 11.8. The normalized spacial score (nSPS) is 12.9. The average Bonchev–Trinajstić information content (AvgIpc) is 3.22. The standard InChI is InChI=1S/C23H22N6O/c24-21(30)16-9-4-8-15-17(16)13-26-19(15)23-28-18-10-5-11-25-20(18)22(29-23)27-12-14-6-2-1-3-7-14/h1-4,6-9,13,25-26H,5,10-12H2,(H2,24,30)(H,27,28,29). The summed E-state index contributed by atoms with van der Waals surface area (Å²) in [7, 11) is 0. The molecule has 0 saturated carbocycles. The molecule has 5 rings (SSSR count). The molecule has 150 valence electrons. The zero-order valence-corrected chi connectivity index (χ0v) is 16.4. The number of primary amides is 1. The van der Waals surface area contributed by atoms with E-state index >= 15 is 0 Å². The van der Waals surface area contributed by atoms with Gasteiger partial charge >= 0.3 is 0 Å². The topological polar surface area (TPSA) is 109 Å². The number of aromatic amines is 1. The van der Waals surface area contributed by atoms with Gasteiger partial charge in [-0.25, -0.2) is 9.97 Å². The molecule has 2 aromatic heterocycles. The number of H-pyrrole nitrogens is 1. The molecule has 0 atom stereocenters. The van der Waals surface area contributed by atoms with Gasteiger partial charge in [0.1, 0.15) is 0 Å². The zero-order valence-electron chi connectivity index (χ0n) is 16.4. The van der Waals surface area contributed by atoms with E-state index in [4.69, 9.17) is 15.7 Å². The minimum Gasteiger partial charge on any atom is -0.381 e. The van der Waals surface area contributed by atoms with Crippen LogP contribution in [0.25, 0.3) is 22.3 Å². The van der Waals surface area contributed by atoms with Crippen LogP contribution in [0.5, 0.6) is 0 Å². The van der Waals surface area contributed by atoms with Gasteiger partial charge in [-0.15, -0.1) is 0 Å². The molecule has 1 amide bonds. The zero-order chi connectivity index (χ0) is 20.5. The van der Waals surface area contributed by atoms with Crippen LogP contribution >= 0.6 is 0 Å². The fourth-order valence-corrected chi connectivity index (χ4v) is 3.93. The summed E-state index contributed by atoms with van der Waals surface area (Å²) in [6, 6.07) is 15.7. The average molecular weight is 398 g/mol. The molecule has 0 spiro atoms. The predicted molar refractivity (Wildman–Crippen MR) is 118 cm³/mol. The largest absolute Gasteiger partial charge is 0.381 e. The van der Waals surface area contributed by atoms with Crippen LogP contribution in [-0.4, -0.2) is 27.4 Å². The SMILES string of the molecule is NC(=O)c1cccc2c(-c3nc4c(c(NCc5ccccc5)n3)NCCC4)[nH]cc12. The minimum absolute atomic E-state index is 0.452. The van der Waals surface area contributed by atoms with E-state index in [-0.39, 0.29) is 0 Å². The minimum atomic E-state index is -0.452. The first-order valence-corrected chi connectivity index (χ1v) is 10.0. The van der Waals surface area contributed by atoms with Crippen LogP contribution in [0.3, 0.4) is 0 Å². The van der Waals surface area contributed by atoms with E-state index in [0.717, 1.165) is 53.1 Å². The maximum Gasteiger partial charge on any atom is 0.249 e. The molecule has 5 N–H and O–H groups in total. The van der Waals surface area contributed by atoms with Gasteiger partial charge in [0, 0.05) is 35.6 Å². The predicted octanol–water partition coefficient (Wildman–Crippen LogP) is 3.69. The summed E-state index contributed by atoms with van der Waals surface area (Å²) in [4.78, 5) is 24.7. The van der Waals surface area contributed by atoms with Crippen molar-refractivity contribution in [2.24, 2.45) is 5.73 Å². The van der Waals surface area contributed by atoms with Crippen LogP contribution in [0.4, 0.5) is 11.5 Å². The lowest BCUT2D eigenvalue weighted by Crippen LogP contribution is -2.17. The number of aromatic nitrogens is 3. The number of nitrogens with zero attached hydrogens (tertiary/aromatic N) is 2. The number of nitrogens with two attached hydrogens (primary N) is 1. The molecule has 1 aliphatic heterocycles. The van der Waals surface area contributed by atoms with Crippen LogP contribution in [-0.2, 0) is 13.0 Å². The lowest BCUT2D eigenvalue weighted by molar-refractivity contribution is 0.100. The van der Waals surface area contributed by atoms with Gasteiger partial charge in [0.2, 0.25) is 5.91 Å². The summed E-state index contributed by atoms with van der Waals surface area (Å²) < 4.78 is 0. The lowest BCUT2D eigenvalue weighted by atomic mass is 10.1. The van der Waals surface area contributed by atoms with E-state index < -0.39 is 5.91 Å². The number of hydrogen-bond donors (Lipinski definition) is 4. The molecular weight excluding hydrogens is 376 g/mol. The summed E-state index contributed by atoms with van der Waals surface area (Å²) >= 11 is 0. The van der Waals surface area contributed by atoms with Gasteiger partial charge in [-0.1, -0.05) is 42.5 Å². The Bertz CT molecular complexity index is 1230. The van der Waals surface area contributed by atoms with Crippen molar-refractivity contribution in [3.63, 3.8) is 0 Å². The Hall–Kier alpha value is -3.87. The molecule has 4 aromatic rings. The molecule has 7 heteroatoms. The van der Waals surface area contributed by atoms with Gasteiger partial charge in [0.05, 0.1) is 17.1 Å². The lowest BCUT2D eigenvalue weighted by Gasteiger charge is -2.21. The van der Waals surface area contributed by atoms with Crippen LogP contribution in [0.1, 0.15) is 28.0 Å². The number of aryl methyl sites for hydroxylation is 1. The number of hydrogen-bond acceptors (Lipinski definition) is 5. The highest BCUT2D eigenvalue weighted by Crippen LogP contribution is 2.33. The first-order chi connectivity index (χ1) is 14.7. The molecule has 30 heavy (non-hydrogen) atoms. The Labute approximate surface area is 173 Å². The van der Waals surface area contributed by atoms with Crippen LogP contribution < -0.4 is 16.4 Å². The third-order valence-corrected chi connectivity index (χ3v) is 5.40. The van der Waals surface area contributed by atoms with E-state index in [1.807, 2.05) is 30.3 Å². The van der Waals surface area contributed by atoms with Gasteiger partial charge in [0.25, 0.3) is 0 Å². The van der Waals surface area contributed by atoms with Crippen molar-refractivity contribution in [3.8, 4) is 11.5 Å². The van der Waals surface area contributed by atoms with E-state index in [1.165, 1.54) is 5.56 Å². The van der Waals surface area contributed by atoms with Gasteiger partial charge in [-0.05, 0) is 24.5 Å². The number of nitrogens with one attached hydrogen (secondary N) is 3. The molecular formula is C23H22N6O. The smallest absolute Gasteiger partial charge is 0.249 e. The second-order valence-electron chi connectivity index (χ2n) is 7.38. The highest BCUT2D eigenvalue weighted by molar-refractivity contribution is 6.09. The Kier molecular flexibility index (Phi) is 4.55. The van der Waals surface area contributed by atoms with Crippen LogP contribution in [0.15, 0.2) is 54.7 Å². The van der Waals surface area contributed by atoms with Crippen molar-refractivity contribution in [1.29, 1.82) is 0 Å². The third kappa shape index (κ3) is 3.24. The van der Waals surface area contributed by atoms with Crippen LogP contribution in [0.2, 0.25) is 0 Å². The second kappa shape index (κ2) is 7.51. The quantitative estimate of drug-likeness (QED) is 0.410. The van der Waals surface area contributed by atoms with Crippen molar-refractivity contribution in [3.05, 3.63) is 71.5 Å². The van der Waals surface area contributed by atoms with E-state index in [2.05, 4.69) is 27.8 Å². The Morgan fingerprint density at radius 3 is 2.77 bits per heavy atom. The molecule has 0 aliphatic carbocycles. The maximum absolute atomic E-state index is 11.8. The first kappa shape index (κ1) is 18.2. The summed E-state index contributed by atoms with van der Waals surface area (Å²) in [6.45, 7) is 1.58. The summed E-state index contributed by atoms with van der Waals surface area (Å²) in [5.74, 6) is 0.934. The Morgan fingerprint density at radius 2 is 1.93 bits per heavy atom. The molecule has 7 nitrogen and oxygen atoms in total. The monoisotopic (exact) mass is 398 g/mol. The molecule has 0 saturated heterocycles. The second-order valence-corrected chi connectivity index (χ2v) is 7.38. The molecule has 1 aliphatic rings. The fourth-order valence-electron chi connectivity index (χ4n) is 3.93. The van der Waals surface area contributed by atoms with Gasteiger partial charge < -0.3 is 21.4 Å². The van der Waals surface area contributed by atoms with E-state index in [0.29, 0.717) is 17.9 Å². The molecule has 0 radical (unpaired) electrons. The molecule has 3 heterocycles. The van der Waals surface area contributed by atoms with E-state index in [9.17, 15) is 4.79 Å². The van der Waals surface area contributed by atoms with Gasteiger partial charge in [0.15, 0.2) is 11.6 Å². The number of benzene rings is 2. The molecule has 2 aromatic carbocycles. The third-order valence-electron chi connectivity index (χ3n) is 5.40. The molecule has 0 unspecified atom stereocenters. The highest BCUT2D eigenvalue weighted by atomic mass is 16.1. The van der Waals surface area contributed by atoms with Crippen LogP contribution in [0, 0.1) is 0 Å². The Balaban J connectivity index is 1.58. The van der Waals surface area contributed by atoms with Crippen molar-refractivity contribution in [1.82, 2.24) is 15.0 Å². The first-order valence-electron chi connectivity index (χ1n) is 10.0. The molecule has 0 bridgehead atoms. The summed E-state index contributed by atoms with van der Waals surface area (Å²) in [5, 5.41) is 8.56. The van der Waals surface area contributed by atoms with Gasteiger partial charge in [-0.3, -0.25) is 4.79 Å². The number of carbonyl (C=O) groups is 1. The Morgan fingerprint density at radius 1 is 1.07 bits per heavy atom. The summed E-state index contributed by atoms with van der Waals surface area (Å²) in [6.07, 6.45) is 3.71. The number of carbonyl (C=O) groups excluding carboxylic acids is 1. The van der Waals surface area contributed by atoms with Gasteiger partial charge in [-0.2, -0.15) is 0 Å². The number of amides is 1. The summed E-state index contributed by atoms with van der Waals surface area (Å²) in [5.41, 5.74) is 9.94. The highest BCUT2D eigenvalue weighted by Gasteiger charge is 2.20. The van der Waals surface area contributed by atoms with Crippen molar-refractivity contribution >= 4 is 28.2 Å².